The zero-order valence-corrected chi connectivity index (χ0v) is 16.0. The molecule has 5 heteroatoms. The highest BCUT2D eigenvalue weighted by Crippen LogP contribution is 2.47. The van der Waals surface area contributed by atoms with Gasteiger partial charge >= 0.3 is 0 Å². The minimum Gasteiger partial charge on any atom is -0.390 e. The van der Waals surface area contributed by atoms with Crippen LogP contribution in [0, 0.1) is 13.8 Å². The molecular formula is C23H22N2O3. The second-order valence-electron chi connectivity index (χ2n) is 7.81. The van der Waals surface area contributed by atoms with Crippen molar-refractivity contribution in [1.29, 1.82) is 0 Å². The molecule has 142 valence electrons. The second-order valence-corrected chi connectivity index (χ2v) is 7.81. The maximum Gasteiger partial charge on any atom is 0.166 e. The van der Waals surface area contributed by atoms with E-state index in [1.165, 1.54) is 0 Å². The molecule has 0 spiro atoms. The normalized spacial score (nSPS) is 22.3. The van der Waals surface area contributed by atoms with E-state index < -0.39 is 5.54 Å². The molecule has 1 saturated heterocycles. The maximum atomic E-state index is 13.5. The van der Waals surface area contributed by atoms with Crippen LogP contribution in [0.4, 0.5) is 0 Å². The first kappa shape index (κ1) is 17.3. The number of carbonyl (C=O) groups is 1. The predicted molar refractivity (Wildman–Crippen MR) is 105 cm³/mol. The monoisotopic (exact) mass is 374 g/mol. The number of nitrogens with zero attached hydrogens (tertiary/aromatic N) is 2. The van der Waals surface area contributed by atoms with Crippen LogP contribution in [-0.2, 0) is 16.8 Å². The molecule has 5 rings (SSSR count). The highest BCUT2D eigenvalue weighted by molar-refractivity contribution is 6.00. The van der Waals surface area contributed by atoms with Gasteiger partial charge in [-0.2, -0.15) is 0 Å². The zero-order valence-electron chi connectivity index (χ0n) is 16.0. The lowest BCUT2D eigenvalue weighted by molar-refractivity contribution is -0.135. The minimum atomic E-state index is -0.842. The Morgan fingerprint density at radius 1 is 1.14 bits per heavy atom. The molecule has 0 bridgehead atoms. The van der Waals surface area contributed by atoms with Gasteiger partial charge in [-0.3, -0.25) is 9.69 Å². The van der Waals surface area contributed by atoms with Crippen LogP contribution in [0.25, 0.3) is 11.1 Å². The number of hydrogen-bond acceptors (Lipinski definition) is 5. The van der Waals surface area contributed by atoms with Crippen LogP contribution in [0.1, 0.15) is 28.1 Å². The summed E-state index contributed by atoms with van der Waals surface area (Å²) < 4.78 is 5.36. The van der Waals surface area contributed by atoms with Crippen LogP contribution in [0.3, 0.4) is 0 Å². The smallest absolute Gasteiger partial charge is 0.166 e. The van der Waals surface area contributed by atoms with Crippen molar-refractivity contribution in [3.8, 4) is 11.1 Å². The molecule has 2 heterocycles. The lowest BCUT2D eigenvalue weighted by Gasteiger charge is -2.48. The fourth-order valence-corrected chi connectivity index (χ4v) is 4.82. The summed E-state index contributed by atoms with van der Waals surface area (Å²) >= 11 is 0. The van der Waals surface area contributed by atoms with Gasteiger partial charge in [-0.1, -0.05) is 47.6 Å². The van der Waals surface area contributed by atoms with Gasteiger partial charge in [0, 0.05) is 25.1 Å². The number of rotatable bonds is 3. The fourth-order valence-electron chi connectivity index (χ4n) is 4.82. The summed E-state index contributed by atoms with van der Waals surface area (Å²) in [4.78, 5) is 15.6. The third kappa shape index (κ3) is 2.26. The zero-order chi connectivity index (χ0) is 19.5. The summed E-state index contributed by atoms with van der Waals surface area (Å²) in [7, 11) is 0. The molecule has 1 unspecified atom stereocenters. The van der Waals surface area contributed by atoms with E-state index in [1.807, 2.05) is 50.2 Å². The molecule has 2 aliphatic rings. The van der Waals surface area contributed by atoms with Crippen molar-refractivity contribution < 1.29 is 14.4 Å². The van der Waals surface area contributed by atoms with Crippen molar-refractivity contribution in [2.24, 2.45) is 0 Å². The van der Waals surface area contributed by atoms with Crippen LogP contribution in [-0.4, -0.2) is 40.1 Å². The van der Waals surface area contributed by atoms with Gasteiger partial charge in [0.05, 0.1) is 11.8 Å². The number of Topliss-reactive ketones (excluding diaryl/α,β-unsaturated/α-hetero) is 1. The van der Waals surface area contributed by atoms with E-state index in [9.17, 15) is 9.90 Å². The molecule has 0 amide bonds. The number of β-amino-alcohol motifs (C(OH)–C–C–N with tert-alkyl or cyclic N) is 1. The molecule has 28 heavy (non-hydrogen) atoms. The van der Waals surface area contributed by atoms with Gasteiger partial charge in [0.1, 0.15) is 11.3 Å². The first-order valence-corrected chi connectivity index (χ1v) is 9.60. The Labute approximate surface area is 163 Å². The number of likely N-dealkylation sites (tertiary alicyclic amines) is 1. The molecule has 3 aromatic rings. The van der Waals surface area contributed by atoms with Crippen molar-refractivity contribution in [3.05, 3.63) is 76.7 Å². The van der Waals surface area contributed by atoms with E-state index >= 15 is 0 Å². The molecule has 1 aliphatic heterocycles. The van der Waals surface area contributed by atoms with Gasteiger partial charge in [-0.15, -0.1) is 0 Å². The molecule has 2 aromatic carbocycles. The third-order valence-electron chi connectivity index (χ3n) is 6.10. The lowest BCUT2D eigenvalue weighted by atomic mass is 9.78. The Kier molecular flexibility index (Phi) is 3.79. The number of carbonyl (C=O) groups excluding carboxylic acids is 1. The first-order chi connectivity index (χ1) is 13.5. The van der Waals surface area contributed by atoms with E-state index in [1.54, 1.807) is 0 Å². The lowest BCUT2D eigenvalue weighted by Crippen LogP contribution is -2.63. The maximum absolute atomic E-state index is 13.5. The van der Waals surface area contributed by atoms with Gasteiger partial charge in [0.25, 0.3) is 0 Å². The number of aliphatic hydroxyl groups excluding tert-OH is 1. The largest absolute Gasteiger partial charge is 0.390 e. The average molecular weight is 374 g/mol. The van der Waals surface area contributed by atoms with E-state index in [0.717, 1.165) is 39.3 Å². The highest BCUT2D eigenvalue weighted by Gasteiger charge is 2.55. The molecule has 1 atom stereocenters. The van der Waals surface area contributed by atoms with Gasteiger partial charge < -0.3 is 9.63 Å². The van der Waals surface area contributed by atoms with Crippen LogP contribution in [0.5, 0.6) is 0 Å². The van der Waals surface area contributed by atoms with Crippen LogP contribution in [0.2, 0.25) is 0 Å². The van der Waals surface area contributed by atoms with Crippen molar-refractivity contribution in [2.75, 3.05) is 13.1 Å². The number of hydrogen-bond donors (Lipinski definition) is 1. The molecule has 0 saturated carbocycles. The Morgan fingerprint density at radius 2 is 1.89 bits per heavy atom. The Morgan fingerprint density at radius 3 is 2.54 bits per heavy atom. The molecule has 0 radical (unpaired) electrons. The van der Waals surface area contributed by atoms with Crippen LogP contribution >= 0.6 is 0 Å². The molecule has 1 fully saturated rings. The standard InChI is InChI=1S/C23H22N2O3/c1-14-22(15(2)28-24-14)17-9-8-16-11-21(27)23(20(16)10-17,25-12-19(26)13-25)18-6-4-3-5-7-18/h3-10,19,26H,11-13H2,1-2H3. The van der Waals surface area contributed by atoms with Gasteiger partial charge in [-0.05, 0) is 42.2 Å². The summed E-state index contributed by atoms with van der Waals surface area (Å²) in [6.45, 7) is 4.83. The first-order valence-electron chi connectivity index (χ1n) is 9.60. The predicted octanol–water partition coefficient (Wildman–Crippen LogP) is 3.00. The summed E-state index contributed by atoms with van der Waals surface area (Å²) in [5.74, 6) is 0.933. The number of ketones is 1. The summed E-state index contributed by atoms with van der Waals surface area (Å²) in [6.07, 6.45) is 0.0156. The number of aliphatic hydroxyl groups is 1. The van der Waals surface area contributed by atoms with Gasteiger partial charge in [-0.25, -0.2) is 0 Å². The molecule has 1 N–H and O–H groups in total. The van der Waals surface area contributed by atoms with Gasteiger partial charge in [0.15, 0.2) is 5.78 Å². The summed E-state index contributed by atoms with van der Waals surface area (Å²) in [6, 6.07) is 16.1. The van der Waals surface area contributed by atoms with E-state index in [4.69, 9.17) is 4.52 Å². The van der Waals surface area contributed by atoms with Crippen LogP contribution in [0.15, 0.2) is 53.1 Å². The van der Waals surface area contributed by atoms with Gasteiger partial charge in [0.2, 0.25) is 0 Å². The number of fused-ring (bicyclic) bond motifs is 1. The Hall–Kier alpha value is -2.76. The molecule has 5 nitrogen and oxygen atoms in total. The van der Waals surface area contributed by atoms with E-state index in [-0.39, 0.29) is 11.9 Å². The molecule has 1 aromatic heterocycles. The highest BCUT2D eigenvalue weighted by atomic mass is 16.5. The van der Waals surface area contributed by atoms with E-state index in [2.05, 4.69) is 22.2 Å². The molecular weight excluding hydrogens is 352 g/mol. The third-order valence-corrected chi connectivity index (χ3v) is 6.10. The Bertz CT molecular complexity index is 1050. The van der Waals surface area contributed by atoms with Crippen molar-refractivity contribution in [1.82, 2.24) is 10.1 Å². The second kappa shape index (κ2) is 6.12. The summed E-state index contributed by atoms with van der Waals surface area (Å²) in [5, 5.41) is 14.1. The SMILES string of the molecule is Cc1noc(C)c1-c1ccc2c(c1)C(c1ccccc1)(N1CC(O)C1)C(=O)C2. The number of aryl methyl sites for hydroxylation is 2. The molecule has 1 aliphatic carbocycles. The van der Waals surface area contributed by atoms with Crippen molar-refractivity contribution in [3.63, 3.8) is 0 Å². The number of benzene rings is 2. The minimum absolute atomic E-state index is 0.163. The fraction of sp³-hybridized carbons (Fsp3) is 0.304. The average Bonchev–Trinajstić information content (AvgIpc) is 3.15. The van der Waals surface area contributed by atoms with Crippen molar-refractivity contribution in [2.45, 2.75) is 31.9 Å². The van der Waals surface area contributed by atoms with Crippen LogP contribution < -0.4 is 0 Å². The van der Waals surface area contributed by atoms with Crippen molar-refractivity contribution >= 4 is 5.78 Å². The number of aromatic nitrogens is 1. The van der Waals surface area contributed by atoms with E-state index in [0.29, 0.717) is 19.5 Å². The quantitative estimate of drug-likeness (QED) is 0.763. The topological polar surface area (TPSA) is 66.6 Å². The Balaban J connectivity index is 1.75. The summed E-state index contributed by atoms with van der Waals surface area (Å²) in [5.41, 5.74) is 5.00.